The van der Waals surface area contributed by atoms with Gasteiger partial charge in [-0.2, -0.15) is 0 Å². The molecule has 1 aliphatic heterocycles. The molecule has 0 bridgehead atoms. The predicted molar refractivity (Wildman–Crippen MR) is 105 cm³/mol. The molecule has 0 saturated carbocycles. The highest BCUT2D eigenvalue weighted by Gasteiger charge is 2.29. The summed E-state index contributed by atoms with van der Waals surface area (Å²) in [5, 5.41) is 1.07. The lowest BCUT2D eigenvalue weighted by Crippen LogP contribution is -2.41. The molecule has 146 valence electrons. The third kappa shape index (κ3) is 4.40. The highest BCUT2D eigenvalue weighted by molar-refractivity contribution is 7.18. The van der Waals surface area contributed by atoms with Crippen LogP contribution in [0.15, 0.2) is 12.1 Å². The molecule has 2 aromatic rings. The summed E-state index contributed by atoms with van der Waals surface area (Å²) in [7, 11) is 1.39. The van der Waals surface area contributed by atoms with Crippen LogP contribution in [0.5, 0.6) is 0 Å². The van der Waals surface area contributed by atoms with Crippen LogP contribution in [-0.4, -0.2) is 47.7 Å². The van der Waals surface area contributed by atoms with Crippen molar-refractivity contribution in [3.05, 3.63) is 28.3 Å². The first kappa shape index (κ1) is 19.6. The Morgan fingerprint density at radius 3 is 2.48 bits per heavy atom. The minimum atomic E-state index is -0.476. The van der Waals surface area contributed by atoms with Crippen LogP contribution in [0.3, 0.4) is 0 Å². The van der Waals surface area contributed by atoms with Crippen molar-refractivity contribution in [2.75, 3.05) is 20.2 Å². The lowest BCUT2D eigenvalue weighted by atomic mass is 9.98. The molecule has 2 heterocycles. The molecule has 1 aromatic heterocycles. The summed E-state index contributed by atoms with van der Waals surface area (Å²) in [5.74, 6) is -0.0114. The average molecular weight is 391 g/mol. The zero-order valence-corrected chi connectivity index (χ0v) is 17.3. The number of aryl methyl sites for hydroxylation is 1. The van der Waals surface area contributed by atoms with E-state index in [2.05, 4.69) is 0 Å². The highest BCUT2D eigenvalue weighted by Crippen LogP contribution is 2.35. The molecular weight excluding hydrogens is 364 g/mol. The van der Waals surface area contributed by atoms with Gasteiger partial charge >= 0.3 is 12.1 Å². The lowest BCUT2D eigenvalue weighted by Gasteiger charge is -2.32. The van der Waals surface area contributed by atoms with Crippen molar-refractivity contribution in [2.24, 2.45) is 0 Å². The number of rotatable bonds is 2. The number of thiazole rings is 1. The van der Waals surface area contributed by atoms with Crippen molar-refractivity contribution in [2.45, 2.75) is 52.1 Å². The van der Waals surface area contributed by atoms with Crippen LogP contribution in [0.2, 0.25) is 0 Å². The van der Waals surface area contributed by atoms with Gasteiger partial charge in [-0.3, -0.25) is 0 Å². The number of esters is 1. The molecule has 0 unspecified atom stereocenters. The second-order valence-corrected chi connectivity index (χ2v) is 8.99. The number of likely N-dealkylation sites (tertiary alicyclic amines) is 1. The predicted octanol–water partition coefficient (Wildman–Crippen LogP) is 4.51. The largest absolute Gasteiger partial charge is 0.465 e. The number of benzene rings is 1. The van der Waals surface area contributed by atoms with Crippen LogP contribution in [0.1, 0.15) is 60.5 Å². The average Bonchev–Trinajstić information content (AvgIpc) is 3.04. The number of nitrogens with zero attached hydrogens (tertiary/aromatic N) is 2. The van der Waals surface area contributed by atoms with Crippen LogP contribution in [0.4, 0.5) is 4.79 Å². The van der Waals surface area contributed by atoms with E-state index in [9.17, 15) is 9.59 Å². The molecule has 1 saturated heterocycles. The van der Waals surface area contributed by atoms with Gasteiger partial charge in [-0.15, -0.1) is 11.3 Å². The van der Waals surface area contributed by atoms with Gasteiger partial charge in [0.1, 0.15) is 5.60 Å². The summed E-state index contributed by atoms with van der Waals surface area (Å²) in [6, 6.07) is 3.67. The fourth-order valence-electron chi connectivity index (χ4n) is 3.26. The molecule has 1 aliphatic rings. The Bertz CT molecular complexity index is 861. The van der Waals surface area contributed by atoms with Gasteiger partial charge in [0.2, 0.25) is 0 Å². The molecule has 1 aromatic carbocycles. The number of hydrogen-bond acceptors (Lipinski definition) is 6. The molecule has 1 amide bonds. The summed E-state index contributed by atoms with van der Waals surface area (Å²) in [6.45, 7) is 8.93. The summed E-state index contributed by atoms with van der Waals surface area (Å²) >= 11 is 1.63. The Hall–Kier alpha value is -2.15. The third-order valence-corrected chi connectivity index (χ3v) is 5.78. The van der Waals surface area contributed by atoms with E-state index in [1.807, 2.05) is 39.8 Å². The quantitative estimate of drug-likeness (QED) is 0.706. The second-order valence-electron chi connectivity index (χ2n) is 7.93. The van der Waals surface area contributed by atoms with E-state index >= 15 is 0 Å². The van der Waals surface area contributed by atoms with Gasteiger partial charge in [0, 0.05) is 19.0 Å². The number of ether oxygens (including phenoxy) is 2. The first-order valence-corrected chi connectivity index (χ1v) is 9.97. The topological polar surface area (TPSA) is 68.7 Å². The highest BCUT2D eigenvalue weighted by atomic mass is 32.1. The van der Waals surface area contributed by atoms with E-state index in [4.69, 9.17) is 14.5 Å². The number of carbonyl (C=O) groups is 2. The molecule has 1 fully saturated rings. The minimum absolute atomic E-state index is 0.246. The Morgan fingerprint density at radius 2 is 1.89 bits per heavy atom. The molecule has 0 N–H and O–H groups in total. The molecule has 0 aliphatic carbocycles. The summed E-state index contributed by atoms with van der Waals surface area (Å²) in [6.07, 6.45) is 1.48. The van der Waals surface area contributed by atoms with Gasteiger partial charge in [-0.25, -0.2) is 14.6 Å². The maximum Gasteiger partial charge on any atom is 0.410 e. The molecule has 7 heteroatoms. The number of carbonyl (C=O) groups excluding carboxylic acids is 2. The fourth-order valence-corrected chi connectivity index (χ4v) is 4.51. The van der Waals surface area contributed by atoms with Crippen LogP contribution in [0.25, 0.3) is 10.2 Å². The van der Waals surface area contributed by atoms with Gasteiger partial charge in [-0.05, 0) is 58.2 Å². The van der Waals surface area contributed by atoms with E-state index in [1.54, 1.807) is 16.2 Å². The number of piperidine rings is 1. The first-order chi connectivity index (χ1) is 12.7. The maximum atomic E-state index is 12.2. The van der Waals surface area contributed by atoms with Crippen molar-refractivity contribution in [3.63, 3.8) is 0 Å². The Labute approximate surface area is 163 Å². The number of fused-ring (bicyclic) bond motifs is 1. The van der Waals surface area contributed by atoms with E-state index in [1.165, 1.54) is 7.11 Å². The van der Waals surface area contributed by atoms with Crippen molar-refractivity contribution in [3.8, 4) is 0 Å². The third-order valence-electron chi connectivity index (χ3n) is 4.62. The Morgan fingerprint density at radius 1 is 1.22 bits per heavy atom. The summed E-state index contributed by atoms with van der Waals surface area (Å²) in [5.41, 5.74) is 1.99. The molecule has 3 rings (SSSR count). The first-order valence-electron chi connectivity index (χ1n) is 9.15. The molecule has 0 atom stereocenters. The van der Waals surface area contributed by atoms with Gasteiger partial charge in [0.25, 0.3) is 0 Å². The smallest absolute Gasteiger partial charge is 0.410 e. The number of methoxy groups -OCH3 is 1. The normalized spacial score (nSPS) is 15.8. The molecule has 0 spiro atoms. The maximum absolute atomic E-state index is 12.2. The molecular formula is C20H26N2O4S. The van der Waals surface area contributed by atoms with Gasteiger partial charge in [0.05, 0.1) is 27.9 Å². The number of hydrogen-bond donors (Lipinski definition) is 0. The summed E-state index contributed by atoms with van der Waals surface area (Å²) in [4.78, 5) is 30.6. The van der Waals surface area contributed by atoms with Gasteiger partial charge in [-0.1, -0.05) is 0 Å². The van der Waals surface area contributed by atoms with Crippen molar-refractivity contribution < 1.29 is 19.1 Å². The van der Waals surface area contributed by atoms with E-state index in [0.29, 0.717) is 24.6 Å². The van der Waals surface area contributed by atoms with Gasteiger partial charge < -0.3 is 14.4 Å². The number of aromatic nitrogens is 1. The van der Waals surface area contributed by atoms with Crippen LogP contribution in [0, 0.1) is 6.92 Å². The summed E-state index contributed by atoms with van der Waals surface area (Å²) < 4.78 is 11.3. The Balaban J connectivity index is 1.73. The van der Waals surface area contributed by atoms with E-state index in [0.717, 1.165) is 33.6 Å². The SMILES string of the molecule is COC(=O)c1cc(C)c2nc(C3CCN(C(=O)OC(C)(C)C)CC3)sc2c1. The minimum Gasteiger partial charge on any atom is -0.465 e. The van der Waals surface area contributed by atoms with E-state index in [-0.39, 0.29) is 12.1 Å². The monoisotopic (exact) mass is 390 g/mol. The van der Waals surface area contributed by atoms with Crippen molar-refractivity contribution >= 4 is 33.6 Å². The van der Waals surface area contributed by atoms with Crippen molar-refractivity contribution in [1.82, 2.24) is 9.88 Å². The van der Waals surface area contributed by atoms with Crippen LogP contribution in [-0.2, 0) is 9.47 Å². The van der Waals surface area contributed by atoms with Crippen LogP contribution >= 0.6 is 11.3 Å². The lowest BCUT2D eigenvalue weighted by molar-refractivity contribution is 0.0204. The van der Waals surface area contributed by atoms with E-state index < -0.39 is 5.60 Å². The van der Waals surface area contributed by atoms with Crippen LogP contribution < -0.4 is 0 Å². The fraction of sp³-hybridized carbons (Fsp3) is 0.550. The Kier molecular flexibility index (Phi) is 5.42. The molecule has 6 nitrogen and oxygen atoms in total. The zero-order chi connectivity index (χ0) is 19.8. The second kappa shape index (κ2) is 7.46. The van der Waals surface area contributed by atoms with Gasteiger partial charge in [0.15, 0.2) is 0 Å². The molecule has 27 heavy (non-hydrogen) atoms. The standard InChI is InChI=1S/C20H26N2O4S/c1-12-10-14(18(23)25-5)11-15-16(12)21-17(27-15)13-6-8-22(9-7-13)19(24)26-20(2,3)4/h10-11,13H,6-9H2,1-5H3. The zero-order valence-electron chi connectivity index (χ0n) is 16.5. The van der Waals surface area contributed by atoms with Crippen molar-refractivity contribution in [1.29, 1.82) is 0 Å². The molecule has 0 radical (unpaired) electrons. The number of amides is 1.